The Morgan fingerprint density at radius 3 is 2.29 bits per heavy atom. The topological polar surface area (TPSA) is 84.4 Å². The standard InChI is InChI=1S/C24H32N4O3/c1-13-8-9-15-18(25-13)10-14(2)26-20(15)24(6,7)27-21(29)19-16-11-28(12-17(16)19)22(30)31-23(3,4)5/h8-10,16-17,19H,11-12H2,1-7H3,(H,27,29). The molecule has 2 aromatic heterocycles. The lowest BCUT2D eigenvalue weighted by atomic mass is 9.95. The SMILES string of the molecule is Cc1cc2nc(C)ccc2c(C(C)(C)NC(=O)C2C3CN(C(=O)OC(C)(C)C)CC32)n1. The van der Waals surface area contributed by atoms with Crippen molar-refractivity contribution in [1.29, 1.82) is 0 Å². The predicted octanol–water partition coefficient (Wildman–Crippen LogP) is 3.71. The van der Waals surface area contributed by atoms with E-state index < -0.39 is 11.1 Å². The highest BCUT2D eigenvalue weighted by Gasteiger charge is 2.61. The van der Waals surface area contributed by atoms with E-state index in [4.69, 9.17) is 9.72 Å². The number of hydrogen-bond acceptors (Lipinski definition) is 5. The average Bonchev–Trinajstić information content (AvgIpc) is 3.13. The smallest absolute Gasteiger partial charge is 0.410 e. The highest BCUT2D eigenvalue weighted by molar-refractivity contribution is 5.86. The maximum absolute atomic E-state index is 13.1. The molecule has 0 bridgehead atoms. The van der Waals surface area contributed by atoms with Gasteiger partial charge in [0.15, 0.2) is 0 Å². The van der Waals surface area contributed by atoms with Gasteiger partial charge in [-0.05, 0) is 78.5 Å². The number of amides is 2. The summed E-state index contributed by atoms with van der Waals surface area (Å²) in [7, 11) is 0. The van der Waals surface area contributed by atoms with E-state index >= 15 is 0 Å². The number of nitrogens with zero attached hydrogens (tertiary/aromatic N) is 3. The molecule has 0 radical (unpaired) electrons. The van der Waals surface area contributed by atoms with Gasteiger partial charge in [0.25, 0.3) is 0 Å². The van der Waals surface area contributed by atoms with Crippen molar-refractivity contribution in [2.24, 2.45) is 17.8 Å². The van der Waals surface area contributed by atoms with Gasteiger partial charge in [-0.15, -0.1) is 0 Å². The van der Waals surface area contributed by atoms with Crippen LogP contribution in [-0.2, 0) is 15.1 Å². The number of aromatic nitrogens is 2. The van der Waals surface area contributed by atoms with Gasteiger partial charge < -0.3 is 15.0 Å². The van der Waals surface area contributed by atoms with Gasteiger partial charge in [-0.3, -0.25) is 14.8 Å². The van der Waals surface area contributed by atoms with E-state index in [0.717, 1.165) is 28.0 Å². The number of piperidine rings is 1. The molecule has 1 aliphatic carbocycles. The van der Waals surface area contributed by atoms with Gasteiger partial charge in [0, 0.05) is 35.8 Å². The minimum Gasteiger partial charge on any atom is -0.444 e. The Bertz CT molecular complexity index is 1040. The number of aryl methyl sites for hydroxylation is 2. The first kappa shape index (κ1) is 21.5. The fourth-order valence-electron chi connectivity index (χ4n) is 4.67. The number of hydrogen-bond donors (Lipinski definition) is 1. The molecule has 0 spiro atoms. The number of pyridine rings is 2. The fourth-order valence-corrected chi connectivity index (χ4v) is 4.67. The van der Waals surface area contributed by atoms with Gasteiger partial charge in [-0.25, -0.2) is 4.79 Å². The van der Waals surface area contributed by atoms with Crippen molar-refractivity contribution in [1.82, 2.24) is 20.2 Å². The summed E-state index contributed by atoms with van der Waals surface area (Å²) in [6, 6.07) is 5.97. The third kappa shape index (κ3) is 4.23. The molecule has 7 nitrogen and oxygen atoms in total. The maximum Gasteiger partial charge on any atom is 0.410 e. The summed E-state index contributed by atoms with van der Waals surface area (Å²) in [6.07, 6.45) is -0.294. The van der Waals surface area contributed by atoms with Crippen LogP contribution in [0, 0.1) is 31.6 Å². The van der Waals surface area contributed by atoms with E-state index in [1.54, 1.807) is 4.90 Å². The number of carbonyl (C=O) groups is 2. The largest absolute Gasteiger partial charge is 0.444 e. The average molecular weight is 425 g/mol. The molecular weight excluding hydrogens is 392 g/mol. The number of carbonyl (C=O) groups excluding carboxylic acids is 2. The van der Waals surface area contributed by atoms with Crippen LogP contribution in [0.5, 0.6) is 0 Å². The van der Waals surface area contributed by atoms with Crippen LogP contribution in [0.4, 0.5) is 4.79 Å². The fraction of sp³-hybridized carbons (Fsp3) is 0.583. The third-order valence-corrected chi connectivity index (χ3v) is 6.13. The highest BCUT2D eigenvalue weighted by Crippen LogP contribution is 2.52. The molecule has 2 aliphatic rings. The molecule has 1 saturated carbocycles. The number of fused-ring (bicyclic) bond motifs is 2. The van der Waals surface area contributed by atoms with Gasteiger partial charge in [0.1, 0.15) is 5.60 Å². The highest BCUT2D eigenvalue weighted by atomic mass is 16.6. The van der Waals surface area contributed by atoms with Crippen molar-refractivity contribution in [2.75, 3.05) is 13.1 Å². The molecule has 2 fully saturated rings. The van der Waals surface area contributed by atoms with Gasteiger partial charge in [-0.1, -0.05) is 0 Å². The molecule has 1 aliphatic heterocycles. The van der Waals surface area contributed by atoms with E-state index in [1.165, 1.54) is 0 Å². The Balaban J connectivity index is 1.45. The number of nitrogens with one attached hydrogen (secondary N) is 1. The lowest BCUT2D eigenvalue weighted by Gasteiger charge is -2.29. The van der Waals surface area contributed by atoms with Crippen molar-refractivity contribution in [3.05, 3.63) is 35.3 Å². The normalized spacial score (nSPS) is 22.9. The van der Waals surface area contributed by atoms with Crippen molar-refractivity contribution >= 4 is 22.9 Å². The lowest BCUT2D eigenvalue weighted by Crippen LogP contribution is -2.44. The van der Waals surface area contributed by atoms with Crippen LogP contribution in [0.25, 0.3) is 10.9 Å². The molecule has 1 saturated heterocycles. The zero-order chi connectivity index (χ0) is 22.7. The van der Waals surface area contributed by atoms with E-state index in [0.29, 0.717) is 13.1 Å². The molecule has 31 heavy (non-hydrogen) atoms. The monoisotopic (exact) mass is 424 g/mol. The molecule has 7 heteroatoms. The van der Waals surface area contributed by atoms with Crippen molar-refractivity contribution in [2.45, 2.75) is 59.6 Å². The molecule has 2 unspecified atom stereocenters. The van der Waals surface area contributed by atoms with Crippen LogP contribution >= 0.6 is 0 Å². The van der Waals surface area contributed by atoms with Crippen LogP contribution in [-0.4, -0.2) is 45.6 Å². The number of ether oxygens (including phenoxy) is 1. The van der Waals surface area contributed by atoms with Crippen LogP contribution in [0.3, 0.4) is 0 Å². The van der Waals surface area contributed by atoms with Crippen molar-refractivity contribution < 1.29 is 14.3 Å². The minimum absolute atomic E-state index is 0.0281. The first-order valence-corrected chi connectivity index (χ1v) is 10.9. The molecule has 2 aromatic rings. The quantitative estimate of drug-likeness (QED) is 0.812. The van der Waals surface area contributed by atoms with E-state index in [1.807, 2.05) is 66.7 Å². The summed E-state index contributed by atoms with van der Waals surface area (Å²) in [5.74, 6) is 0.375. The second kappa shape index (κ2) is 7.18. The summed E-state index contributed by atoms with van der Waals surface area (Å²) >= 11 is 0. The molecule has 2 amide bonds. The van der Waals surface area contributed by atoms with E-state index in [2.05, 4.69) is 10.3 Å². The second-order valence-electron chi connectivity index (χ2n) is 10.5. The second-order valence-corrected chi connectivity index (χ2v) is 10.5. The van der Waals surface area contributed by atoms with Crippen molar-refractivity contribution in [3.8, 4) is 0 Å². The number of rotatable bonds is 3. The van der Waals surface area contributed by atoms with E-state index in [-0.39, 0.29) is 29.8 Å². The molecule has 2 atom stereocenters. The van der Waals surface area contributed by atoms with Gasteiger partial charge >= 0.3 is 6.09 Å². The first-order valence-electron chi connectivity index (χ1n) is 10.9. The summed E-state index contributed by atoms with van der Waals surface area (Å²) in [5, 5.41) is 4.17. The Morgan fingerprint density at radius 1 is 1.03 bits per heavy atom. The van der Waals surface area contributed by atoms with Crippen LogP contribution in [0.2, 0.25) is 0 Å². The van der Waals surface area contributed by atoms with Crippen LogP contribution < -0.4 is 5.32 Å². The Labute approximate surface area is 183 Å². The molecule has 1 N–H and O–H groups in total. The van der Waals surface area contributed by atoms with Gasteiger partial charge in [0.2, 0.25) is 5.91 Å². The molecule has 3 heterocycles. The molecular formula is C24H32N4O3. The zero-order valence-corrected chi connectivity index (χ0v) is 19.4. The van der Waals surface area contributed by atoms with Crippen molar-refractivity contribution in [3.63, 3.8) is 0 Å². The minimum atomic E-state index is -0.639. The first-order chi connectivity index (χ1) is 14.4. The maximum atomic E-state index is 13.1. The predicted molar refractivity (Wildman–Crippen MR) is 118 cm³/mol. The Morgan fingerprint density at radius 2 is 1.68 bits per heavy atom. The molecule has 0 aromatic carbocycles. The van der Waals surface area contributed by atoms with Gasteiger partial charge in [-0.2, -0.15) is 0 Å². The van der Waals surface area contributed by atoms with E-state index in [9.17, 15) is 9.59 Å². The Hall–Kier alpha value is -2.70. The summed E-state index contributed by atoms with van der Waals surface area (Å²) in [5.41, 5.74) is 2.39. The molecule has 4 rings (SSSR count). The van der Waals surface area contributed by atoms with Crippen LogP contribution in [0.15, 0.2) is 18.2 Å². The van der Waals surface area contributed by atoms with Gasteiger partial charge in [0.05, 0.1) is 16.7 Å². The zero-order valence-electron chi connectivity index (χ0n) is 19.4. The summed E-state index contributed by atoms with van der Waals surface area (Å²) < 4.78 is 5.46. The number of likely N-dealkylation sites (tertiary alicyclic amines) is 1. The summed E-state index contributed by atoms with van der Waals surface area (Å²) in [4.78, 5) is 36.5. The Kier molecular flexibility index (Phi) is 4.98. The molecule has 166 valence electrons. The summed E-state index contributed by atoms with van der Waals surface area (Å²) in [6.45, 7) is 14.6. The third-order valence-electron chi connectivity index (χ3n) is 6.13. The van der Waals surface area contributed by atoms with Crippen LogP contribution in [0.1, 0.15) is 51.7 Å². The lowest BCUT2D eigenvalue weighted by molar-refractivity contribution is -0.125.